The molecule has 1 heterocycles. The molecule has 1 aliphatic heterocycles. The largest absolute Gasteiger partial charge is 0.508 e. The van der Waals surface area contributed by atoms with Gasteiger partial charge in [-0.05, 0) is 6.07 Å². The molecule has 0 aromatic heterocycles. The quantitative estimate of drug-likeness (QED) is 0.512. The maximum Gasteiger partial charge on any atom is 0.193 e. The second-order valence-electron chi connectivity index (χ2n) is 3.95. The van der Waals surface area contributed by atoms with Crippen molar-refractivity contribution in [3.63, 3.8) is 0 Å². The lowest BCUT2D eigenvalue weighted by Gasteiger charge is -2.12. The monoisotopic (exact) mass is 226 g/mol. The average molecular weight is 226 g/mol. The molecule has 3 rings (SSSR count). The molecule has 0 amide bonds. The zero-order valence-electron chi connectivity index (χ0n) is 8.90. The van der Waals surface area contributed by atoms with Crippen LogP contribution in [-0.2, 0) is 0 Å². The van der Waals surface area contributed by atoms with Crippen molar-refractivity contribution in [3.8, 4) is 17.0 Å². The van der Waals surface area contributed by atoms with E-state index in [2.05, 4.69) is 4.98 Å². The van der Waals surface area contributed by atoms with Gasteiger partial charge in [0.1, 0.15) is 5.75 Å². The Hall–Kier alpha value is -2.49. The smallest absolute Gasteiger partial charge is 0.193 e. The summed E-state index contributed by atoms with van der Waals surface area (Å²) in [6.07, 6.45) is 0. The van der Waals surface area contributed by atoms with Gasteiger partial charge in [-0.15, -0.1) is 0 Å². The van der Waals surface area contributed by atoms with Crippen molar-refractivity contribution in [1.82, 2.24) is 4.98 Å². The van der Waals surface area contributed by atoms with Crippen LogP contribution in [0.25, 0.3) is 22.2 Å². The highest BCUT2D eigenvalue weighted by Gasteiger charge is 2.14. The number of pyridine rings is 1. The summed E-state index contributed by atoms with van der Waals surface area (Å²) in [6, 6.07) is 10.1. The van der Waals surface area contributed by atoms with E-state index in [1.54, 1.807) is 0 Å². The molecule has 0 atom stereocenters. The Morgan fingerprint density at radius 3 is 2.76 bits per heavy atom. The van der Waals surface area contributed by atoms with Crippen LogP contribution >= 0.6 is 0 Å². The SMILES string of the molecule is Nc1c2c(=O)cc(O)cc-2[nH]c2ccccc12. The molecule has 1 aromatic carbocycles. The average Bonchev–Trinajstić information content (AvgIpc) is 2.28. The fourth-order valence-corrected chi connectivity index (χ4v) is 2.08. The van der Waals surface area contributed by atoms with Crippen molar-refractivity contribution in [2.24, 2.45) is 0 Å². The van der Waals surface area contributed by atoms with Gasteiger partial charge in [-0.3, -0.25) is 4.79 Å². The maximum atomic E-state index is 11.8. The minimum absolute atomic E-state index is 0.0616. The van der Waals surface area contributed by atoms with Gasteiger partial charge in [0.2, 0.25) is 0 Å². The molecule has 1 aliphatic carbocycles. The fraction of sp³-hybridized carbons (Fsp3) is 0. The second-order valence-corrected chi connectivity index (χ2v) is 3.95. The highest BCUT2D eigenvalue weighted by Crippen LogP contribution is 2.31. The van der Waals surface area contributed by atoms with Crippen LogP contribution in [0.15, 0.2) is 41.2 Å². The number of aromatic nitrogens is 1. The molecule has 0 bridgehead atoms. The van der Waals surface area contributed by atoms with Crippen molar-refractivity contribution in [2.45, 2.75) is 0 Å². The first kappa shape index (κ1) is 9.72. The predicted molar refractivity (Wildman–Crippen MR) is 67.3 cm³/mol. The molecule has 0 radical (unpaired) electrons. The first-order chi connectivity index (χ1) is 8.16. The minimum Gasteiger partial charge on any atom is -0.508 e. The number of anilines is 1. The van der Waals surface area contributed by atoms with Crippen molar-refractivity contribution in [1.29, 1.82) is 0 Å². The Labute approximate surface area is 96.7 Å². The summed E-state index contributed by atoms with van der Waals surface area (Å²) >= 11 is 0. The van der Waals surface area contributed by atoms with Gasteiger partial charge in [0, 0.05) is 23.0 Å². The Bertz CT molecular complexity index is 746. The lowest BCUT2D eigenvalue weighted by atomic mass is 10.0. The van der Waals surface area contributed by atoms with Crippen molar-refractivity contribution >= 4 is 16.6 Å². The Balaban J connectivity index is 2.60. The molecule has 0 saturated carbocycles. The van der Waals surface area contributed by atoms with E-state index in [4.69, 9.17) is 5.73 Å². The molecule has 1 aromatic rings. The van der Waals surface area contributed by atoms with Crippen LogP contribution in [0.4, 0.5) is 5.69 Å². The van der Waals surface area contributed by atoms with E-state index in [0.717, 1.165) is 10.9 Å². The molecule has 0 unspecified atom stereocenters. The minimum atomic E-state index is -0.278. The van der Waals surface area contributed by atoms with E-state index in [-0.39, 0.29) is 11.2 Å². The van der Waals surface area contributed by atoms with E-state index < -0.39 is 0 Å². The molecule has 84 valence electrons. The molecule has 0 spiro atoms. The lowest BCUT2D eigenvalue weighted by molar-refractivity contribution is 0.475. The number of H-pyrrole nitrogens is 1. The highest BCUT2D eigenvalue weighted by atomic mass is 16.3. The molecule has 4 nitrogen and oxygen atoms in total. The van der Waals surface area contributed by atoms with Gasteiger partial charge in [-0.25, -0.2) is 0 Å². The summed E-state index contributed by atoms with van der Waals surface area (Å²) in [4.78, 5) is 14.9. The Morgan fingerprint density at radius 2 is 1.94 bits per heavy atom. The number of phenols is 1. The zero-order valence-corrected chi connectivity index (χ0v) is 8.90. The van der Waals surface area contributed by atoms with Gasteiger partial charge in [0.15, 0.2) is 5.43 Å². The molecule has 17 heavy (non-hydrogen) atoms. The molecule has 4 heteroatoms. The number of nitrogen functional groups attached to an aromatic ring is 1. The van der Waals surface area contributed by atoms with Crippen LogP contribution in [-0.4, -0.2) is 10.1 Å². The summed E-state index contributed by atoms with van der Waals surface area (Å²) in [5, 5.41) is 10.2. The van der Waals surface area contributed by atoms with E-state index >= 15 is 0 Å². The van der Waals surface area contributed by atoms with Crippen LogP contribution in [0.1, 0.15) is 0 Å². The number of nitrogens with one attached hydrogen (secondary N) is 1. The zero-order chi connectivity index (χ0) is 12.0. The van der Waals surface area contributed by atoms with E-state index in [1.807, 2.05) is 24.3 Å². The number of hydrogen-bond donors (Lipinski definition) is 3. The van der Waals surface area contributed by atoms with Crippen molar-refractivity contribution in [2.75, 3.05) is 5.73 Å². The van der Waals surface area contributed by atoms with E-state index in [9.17, 15) is 9.90 Å². The van der Waals surface area contributed by atoms with Gasteiger partial charge in [0.25, 0.3) is 0 Å². The van der Waals surface area contributed by atoms with Gasteiger partial charge in [-0.1, -0.05) is 18.2 Å². The van der Waals surface area contributed by atoms with Crippen LogP contribution in [0.2, 0.25) is 0 Å². The number of benzene rings is 2. The van der Waals surface area contributed by atoms with Gasteiger partial charge in [0.05, 0.1) is 16.9 Å². The summed E-state index contributed by atoms with van der Waals surface area (Å²) in [6.45, 7) is 0. The topological polar surface area (TPSA) is 79.1 Å². The molecular formula is C13H10N2O2. The number of hydrogen-bond acceptors (Lipinski definition) is 3. The highest BCUT2D eigenvalue weighted by molar-refractivity contribution is 5.99. The summed E-state index contributed by atoms with van der Waals surface area (Å²) < 4.78 is 0. The van der Waals surface area contributed by atoms with E-state index in [0.29, 0.717) is 16.9 Å². The van der Waals surface area contributed by atoms with Crippen LogP contribution in [0.3, 0.4) is 0 Å². The van der Waals surface area contributed by atoms with Gasteiger partial charge in [-0.2, -0.15) is 0 Å². The van der Waals surface area contributed by atoms with Gasteiger partial charge >= 0.3 is 0 Å². The fourth-order valence-electron chi connectivity index (χ4n) is 2.08. The number of fused-ring (bicyclic) bond motifs is 2. The van der Waals surface area contributed by atoms with Crippen LogP contribution in [0, 0.1) is 0 Å². The molecule has 0 fully saturated rings. The molecule has 4 N–H and O–H groups in total. The number of phenolic OH excluding ortho intramolecular Hbond substituents is 1. The standard InChI is InChI=1S/C13H10N2O2/c14-13-8-3-1-2-4-9(8)15-10-5-7(16)6-11(17)12(10)13/h1-6,15-16H,14H2. The Morgan fingerprint density at radius 1 is 1.18 bits per heavy atom. The number of para-hydroxylation sites is 1. The normalized spacial score (nSPS) is 11.1. The second kappa shape index (κ2) is 3.25. The lowest BCUT2D eigenvalue weighted by Crippen LogP contribution is -2.09. The predicted octanol–water partition coefficient (Wildman–Crippen LogP) is 1.92. The van der Waals surface area contributed by atoms with Crippen molar-refractivity contribution < 1.29 is 5.11 Å². The number of rotatable bonds is 0. The first-order valence-electron chi connectivity index (χ1n) is 5.20. The number of nitrogens with two attached hydrogens (primary N) is 1. The molecular weight excluding hydrogens is 216 g/mol. The van der Waals surface area contributed by atoms with Crippen LogP contribution < -0.4 is 11.2 Å². The third-order valence-corrected chi connectivity index (χ3v) is 2.84. The summed E-state index contributed by atoms with van der Waals surface area (Å²) in [5.41, 5.74) is 7.97. The van der Waals surface area contributed by atoms with E-state index in [1.165, 1.54) is 12.1 Å². The van der Waals surface area contributed by atoms with Gasteiger partial charge < -0.3 is 15.8 Å². The van der Waals surface area contributed by atoms with Crippen molar-refractivity contribution in [3.05, 3.63) is 46.6 Å². The number of aromatic hydroxyl groups is 1. The molecule has 0 saturated heterocycles. The third-order valence-electron chi connectivity index (χ3n) is 2.84. The third kappa shape index (κ3) is 1.34. The first-order valence-corrected chi connectivity index (χ1v) is 5.20. The maximum absolute atomic E-state index is 11.8. The Kier molecular flexibility index (Phi) is 1.86. The summed E-state index contributed by atoms with van der Waals surface area (Å²) in [5.74, 6) is -0.0616. The number of aromatic amines is 1. The molecule has 2 aliphatic rings. The summed E-state index contributed by atoms with van der Waals surface area (Å²) in [7, 11) is 0. The van der Waals surface area contributed by atoms with Crippen LogP contribution in [0.5, 0.6) is 5.75 Å².